The second-order valence-electron chi connectivity index (χ2n) is 7.05. The Morgan fingerprint density at radius 2 is 2.00 bits per heavy atom. The minimum absolute atomic E-state index is 0.0136. The van der Waals surface area contributed by atoms with Gasteiger partial charge in [-0.2, -0.15) is 0 Å². The van der Waals surface area contributed by atoms with Crippen molar-refractivity contribution in [1.29, 1.82) is 0 Å². The summed E-state index contributed by atoms with van der Waals surface area (Å²) in [4.78, 5) is 41.9. The fourth-order valence-corrected chi connectivity index (χ4v) is 3.33. The number of H-pyrrole nitrogens is 1. The number of methoxy groups -OCH3 is 1. The summed E-state index contributed by atoms with van der Waals surface area (Å²) in [6.45, 7) is 2.30. The fourth-order valence-electron chi connectivity index (χ4n) is 3.33. The van der Waals surface area contributed by atoms with Crippen LogP contribution >= 0.6 is 0 Å². The first-order valence-corrected chi connectivity index (χ1v) is 10.0. The van der Waals surface area contributed by atoms with Gasteiger partial charge in [0.2, 0.25) is 5.91 Å². The van der Waals surface area contributed by atoms with Crippen molar-refractivity contribution in [3.05, 3.63) is 74.8 Å². The van der Waals surface area contributed by atoms with E-state index in [1.54, 1.807) is 36.4 Å². The van der Waals surface area contributed by atoms with Crippen LogP contribution in [0.5, 0.6) is 5.75 Å². The number of aromatic amines is 1. The van der Waals surface area contributed by atoms with E-state index in [1.807, 2.05) is 6.92 Å². The number of unbranched alkanes of at least 4 members (excludes halogenated alkanes) is 1. The van der Waals surface area contributed by atoms with Crippen LogP contribution in [0.4, 0.5) is 11.5 Å². The SMILES string of the molecule is CCCCn1c(N)c(N(Cc2ccco2)C(=O)Cc2ccccc2OC)c(=O)[nH]c1=O. The summed E-state index contributed by atoms with van der Waals surface area (Å²) in [7, 11) is 1.52. The summed E-state index contributed by atoms with van der Waals surface area (Å²) < 4.78 is 12.0. The number of hydrogen-bond donors (Lipinski definition) is 2. The Kier molecular flexibility index (Phi) is 6.96. The Hall–Kier alpha value is -3.75. The number of carbonyl (C=O) groups excluding carboxylic acids is 1. The van der Waals surface area contributed by atoms with Crippen LogP contribution in [-0.2, 0) is 24.3 Å². The van der Waals surface area contributed by atoms with Crippen LogP contribution in [0.15, 0.2) is 56.7 Å². The van der Waals surface area contributed by atoms with E-state index in [9.17, 15) is 14.4 Å². The first-order chi connectivity index (χ1) is 15.0. The van der Waals surface area contributed by atoms with Gasteiger partial charge in [0.25, 0.3) is 5.56 Å². The number of ether oxygens (including phenoxy) is 1. The van der Waals surface area contributed by atoms with Gasteiger partial charge in [0.05, 0.1) is 26.3 Å². The second kappa shape index (κ2) is 9.84. The van der Waals surface area contributed by atoms with Crippen molar-refractivity contribution in [3.8, 4) is 5.75 Å². The maximum atomic E-state index is 13.4. The lowest BCUT2D eigenvalue weighted by atomic mass is 10.1. The third-order valence-electron chi connectivity index (χ3n) is 4.95. The molecule has 0 fully saturated rings. The first kappa shape index (κ1) is 21.9. The molecule has 0 radical (unpaired) electrons. The van der Waals surface area contributed by atoms with Crippen molar-refractivity contribution in [2.24, 2.45) is 0 Å². The van der Waals surface area contributed by atoms with E-state index in [4.69, 9.17) is 14.9 Å². The second-order valence-corrected chi connectivity index (χ2v) is 7.05. The number of amides is 1. The third kappa shape index (κ3) is 4.88. The number of carbonyl (C=O) groups is 1. The number of rotatable bonds is 9. The van der Waals surface area contributed by atoms with Crippen LogP contribution in [0.25, 0.3) is 0 Å². The number of para-hydroxylation sites is 1. The molecule has 0 unspecified atom stereocenters. The smallest absolute Gasteiger partial charge is 0.330 e. The maximum absolute atomic E-state index is 13.4. The quantitative estimate of drug-likeness (QED) is 0.541. The molecule has 3 aromatic rings. The number of hydrogen-bond acceptors (Lipinski definition) is 6. The van der Waals surface area contributed by atoms with Crippen molar-refractivity contribution in [2.45, 2.75) is 39.3 Å². The first-order valence-electron chi connectivity index (χ1n) is 10.0. The average molecular weight is 426 g/mol. The zero-order chi connectivity index (χ0) is 22.4. The average Bonchev–Trinajstić information content (AvgIpc) is 3.26. The van der Waals surface area contributed by atoms with Gasteiger partial charge in [0.15, 0.2) is 5.69 Å². The van der Waals surface area contributed by atoms with Crippen LogP contribution in [-0.4, -0.2) is 22.6 Å². The Labute approximate surface area is 179 Å². The van der Waals surface area contributed by atoms with E-state index < -0.39 is 17.2 Å². The standard InChI is InChI=1S/C22H26N4O5/c1-3-4-11-25-20(23)19(21(28)24-22(25)29)26(14-16-9-7-12-31-16)18(27)13-15-8-5-6-10-17(15)30-2/h5-10,12H,3-4,11,13-14,23H2,1-2H3,(H,24,28,29). The number of nitrogens with zero attached hydrogens (tertiary/aromatic N) is 2. The molecular formula is C22H26N4O5. The number of aromatic nitrogens is 2. The van der Waals surface area contributed by atoms with Gasteiger partial charge >= 0.3 is 5.69 Å². The molecule has 0 saturated heterocycles. The van der Waals surface area contributed by atoms with E-state index in [2.05, 4.69) is 4.98 Å². The Morgan fingerprint density at radius 1 is 1.23 bits per heavy atom. The number of nitrogens with one attached hydrogen (secondary N) is 1. The van der Waals surface area contributed by atoms with Gasteiger partial charge in [-0.3, -0.25) is 24.0 Å². The molecule has 0 aliphatic carbocycles. The number of benzene rings is 1. The molecule has 3 N–H and O–H groups in total. The molecule has 9 nitrogen and oxygen atoms in total. The van der Waals surface area contributed by atoms with Gasteiger partial charge in [-0.05, 0) is 24.6 Å². The molecule has 1 amide bonds. The lowest BCUT2D eigenvalue weighted by molar-refractivity contribution is -0.118. The summed E-state index contributed by atoms with van der Waals surface area (Å²) in [6.07, 6.45) is 2.98. The van der Waals surface area contributed by atoms with Gasteiger partial charge in [-0.1, -0.05) is 31.5 Å². The van der Waals surface area contributed by atoms with Gasteiger partial charge in [0.1, 0.15) is 17.3 Å². The molecule has 0 bridgehead atoms. The van der Waals surface area contributed by atoms with Crippen molar-refractivity contribution < 1.29 is 13.9 Å². The van der Waals surface area contributed by atoms with Crippen molar-refractivity contribution in [1.82, 2.24) is 9.55 Å². The highest BCUT2D eigenvalue weighted by molar-refractivity contribution is 5.96. The highest BCUT2D eigenvalue weighted by Crippen LogP contribution is 2.24. The fraction of sp³-hybridized carbons (Fsp3) is 0.318. The summed E-state index contributed by atoms with van der Waals surface area (Å²) in [5, 5.41) is 0. The van der Waals surface area contributed by atoms with Gasteiger partial charge in [-0.25, -0.2) is 4.79 Å². The number of nitrogens with two attached hydrogens (primary N) is 1. The molecule has 2 heterocycles. The van der Waals surface area contributed by atoms with Crippen LogP contribution in [0.3, 0.4) is 0 Å². The summed E-state index contributed by atoms with van der Waals surface area (Å²) in [6, 6.07) is 10.5. The summed E-state index contributed by atoms with van der Waals surface area (Å²) in [5.74, 6) is 0.586. The molecule has 31 heavy (non-hydrogen) atoms. The molecule has 0 aliphatic rings. The highest BCUT2D eigenvalue weighted by atomic mass is 16.5. The maximum Gasteiger partial charge on any atom is 0.330 e. The summed E-state index contributed by atoms with van der Waals surface area (Å²) >= 11 is 0. The molecule has 1 aromatic carbocycles. The third-order valence-corrected chi connectivity index (χ3v) is 4.95. The monoisotopic (exact) mass is 426 g/mol. The minimum atomic E-state index is -0.727. The molecule has 9 heteroatoms. The summed E-state index contributed by atoms with van der Waals surface area (Å²) in [5.41, 5.74) is 5.49. The van der Waals surface area contributed by atoms with Crippen molar-refractivity contribution in [2.75, 3.05) is 17.7 Å². The minimum Gasteiger partial charge on any atom is -0.496 e. The van der Waals surface area contributed by atoms with Gasteiger partial charge in [0, 0.05) is 12.1 Å². The molecule has 3 rings (SSSR count). The van der Waals surface area contributed by atoms with E-state index >= 15 is 0 Å². The highest BCUT2D eigenvalue weighted by Gasteiger charge is 2.26. The van der Waals surface area contributed by atoms with Crippen LogP contribution in [0, 0.1) is 0 Å². The predicted octanol–water partition coefficient (Wildman–Crippen LogP) is 2.30. The predicted molar refractivity (Wildman–Crippen MR) is 117 cm³/mol. The van der Waals surface area contributed by atoms with E-state index in [-0.39, 0.29) is 24.5 Å². The van der Waals surface area contributed by atoms with Gasteiger partial charge < -0.3 is 14.9 Å². The number of furan rings is 1. The Morgan fingerprint density at radius 3 is 2.68 bits per heavy atom. The number of nitrogen functional groups attached to an aromatic ring is 1. The lowest BCUT2D eigenvalue weighted by Gasteiger charge is -2.24. The molecule has 0 spiro atoms. The van der Waals surface area contributed by atoms with Crippen molar-refractivity contribution >= 4 is 17.4 Å². The molecular weight excluding hydrogens is 400 g/mol. The molecule has 0 atom stereocenters. The Bertz CT molecular complexity index is 1150. The van der Waals surface area contributed by atoms with E-state index in [0.29, 0.717) is 30.0 Å². The van der Waals surface area contributed by atoms with Crippen LogP contribution in [0.2, 0.25) is 0 Å². The largest absolute Gasteiger partial charge is 0.496 e. The Balaban J connectivity index is 2.06. The van der Waals surface area contributed by atoms with Gasteiger partial charge in [-0.15, -0.1) is 0 Å². The number of anilines is 2. The lowest BCUT2D eigenvalue weighted by Crippen LogP contribution is -2.41. The molecule has 0 aliphatic heterocycles. The molecule has 2 aromatic heterocycles. The zero-order valence-corrected chi connectivity index (χ0v) is 17.6. The molecule has 0 saturated carbocycles. The van der Waals surface area contributed by atoms with E-state index in [0.717, 1.165) is 6.42 Å². The normalized spacial score (nSPS) is 10.8. The van der Waals surface area contributed by atoms with Crippen LogP contribution < -0.4 is 26.6 Å². The topological polar surface area (TPSA) is 124 Å². The van der Waals surface area contributed by atoms with E-state index in [1.165, 1.54) is 22.8 Å². The van der Waals surface area contributed by atoms with Crippen molar-refractivity contribution in [3.63, 3.8) is 0 Å². The zero-order valence-electron chi connectivity index (χ0n) is 17.6. The molecule has 164 valence electrons. The van der Waals surface area contributed by atoms with Crippen LogP contribution in [0.1, 0.15) is 31.1 Å².